The molecule has 0 atom stereocenters. The van der Waals surface area contributed by atoms with Crippen LogP contribution >= 0.6 is 11.6 Å². The van der Waals surface area contributed by atoms with Crippen molar-refractivity contribution in [2.75, 3.05) is 5.43 Å². The highest BCUT2D eigenvalue weighted by atomic mass is 35.5. The summed E-state index contributed by atoms with van der Waals surface area (Å²) < 4.78 is 2.10. The van der Waals surface area contributed by atoms with Crippen LogP contribution in [0.4, 0.5) is 5.69 Å². The maximum atomic E-state index is 5.84. The molecular formula is C16H14ClN3. The molecule has 0 bridgehead atoms. The summed E-state index contributed by atoms with van der Waals surface area (Å²) in [6.45, 7) is 0. The quantitative estimate of drug-likeness (QED) is 0.564. The smallest absolute Gasteiger partial charge is 0.0566 e. The highest BCUT2D eigenvalue weighted by Gasteiger charge is 2.02. The Bertz CT molecular complexity index is 757. The predicted molar refractivity (Wildman–Crippen MR) is 85.6 cm³/mol. The Morgan fingerprint density at radius 2 is 1.85 bits per heavy atom. The SMILES string of the molecule is Cn1cc(/C=N/Nc2ccc(Cl)cc2)c2ccccc21. The molecule has 1 N–H and O–H groups in total. The van der Waals surface area contributed by atoms with Gasteiger partial charge in [0.1, 0.15) is 0 Å². The van der Waals surface area contributed by atoms with Crippen molar-refractivity contribution in [1.29, 1.82) is 0 Å². The van der Waals surface area contributed by atoms with E-state index in [9.17, 15) is 0 Å². The summed E-state index contributed by atoms with van der Waals surface area (Å²) in [5.41, 5.74) is 6.19. The van der Waals surface area contributed by atoms with Gasteiger partial charge in [-0.15, -0.1) is 0 Å². The van der Waals surface area contributed by atoms with Gasteiger partial charge in [-0.05, 0) is 30.3 Å². The number of hydrogen-bond acceptors (Lipinski definition) is 2. The van der Waals surface area contributed by atoms with E-state index in [2.05, 4.69) is 33.4 Å². The van der Waals surface area contributed by atoms with Crippen molar-refractivity contribution < 1.29 is 0 Å². The largest absolute Gasteiger partial charge is 0.350 e. The first kappa shape index (κ1) is 12.8. The predicted octanol–water partition coefficient (Wildman–Crippen LogP) is 4.28. The van der Waals surface area contributed by atoms with Crippen LogP contribution in [0.2, 0.25) is 5.02 Å². The molecule has 0 aliphatic rings. The number of hydrazone groups is 1. The van der Waals surface area contributed by atoms with Crippen LogP contribution in [0, 0.1) is 0 Å². The summed E-state index contributed by atoms with van der Waals surface area (Å²) in [7, 11) is 2.03. The minimum atomic E-state index is 0.716. The molecule has 0 unspecified atom stereocenters. The molecule has 3 nitrogen and oxygen atoms in total. The van der Waals surface area contributed by atoms with Crippen LogP contribution in [0.3, 0.4) is 0 Å². The first-order valence-electron chi connectivity index (χ1n) is 6.33. The molecule has 20 heavy (non-hydrogen) atoms. The van der Waals surface area contributed by atoms with Crippen molar-refractivity contribution in [3.8, 4) is 0 Å². The zero-order chi connectivity index (χ0) is 13.9. The second-order valence-electron chi connectivity index (χ2n) is 4.59. The summed E-state index contributed by atoms with van der Waals surface area (Å²) in [5, 5.41) is 6.18. The fourth-order valence-electron chi connectivity index (χ4n) is 2.18. The molecular weight excluding hydrogens is 270 g/mol. The topological polar surface area (TPSA) is 29.3 Å². The van der Waals surface area contributed by atoms with E-state index in [-0.39, 0.29) is 0 Å². The third kappa shape index (κ3) is 2.53. The van der Waals surface area contributed by atoms with Gasteiger partial charge in [0, 0.05) is 34.7 Å². The summed E-state index contributed by atoms with van der Waals surface area (Å²) in [6.07, 6.45) is 3.90. The van der Waals surface area contributed by atoms with Gasteiger partial charge in [0.25, 0.3) is 0 Å². The summed E-state index contributed by atoms with van der Waals surface area (Å²) in [5.74, 6) is 0. The normalized spacial score (nSPS) is 11.3. The summed E-state index contributed by atoms with van der Waals surface area (Å²) in [4.78, 5) is 0. The van der Waals surface area contributed by atoms with Crippen LogP contribution in [-0.2, 0) is 7.05 Å². The van der Waals surface area contributed by atoms with Crippen molar-refractivity contribution in [1.82, 2.24) is 4.57 Å². The molecule has 0 fully saturated rings. The zero-order valence-corrected chi connectivity index (χ0v) is 11.8. The molecule has 2 aromatic carbocycles. The zero-order valence-electron chi connectivity index (χ0n) is 11.0. The minimum Gasteiger partial charge on any atom is -0.350 e. The van der Waals surface area contributed by atoms with Gasteiger partial charge in [-0.1, -0.05) is 29.8 Å². The second-order valence-corrected chi connectivity index (χ2v) is 5.03. The number of benzene rings is 2. The number of hydrogen-bond donors (Lipinski definition) is 1. The molecule has 0 saturated carbocycles. The van der Waals surface area contributed by atoms with Crippen LogP contribution in [0.25, 0.3) is 10.9 Å². The highest BCUT2D eigenvalue weighted by Crippen LogP contribution is 2.19. The number of anilines is 1. The first-order valence-corrected chi connectivity index (χ1v) is 6.70. The number of rotatable bonds is 3. The molecule has 0 saturated heterocycles. The van der Waals surface area contributed by atoms with Gasteiger partial charge in [0.2, 0.25) is 0 Å². The third-order valence-corrected chi connectivity index (χ3v) is 3.42. The van der Waals surface area contributed by atoms with Crippen molar-refractivity contribution in [2.45, 2.75) is 0 Å². The Hall–Kier alpha value is -2.26. The van der Waals surface area contributed by atoms with E-state index in [1.54, 1.807) is 0 Å². The van der Waals surface area contributed by atoms with Crippen LogP contribution in [0.1, 0.15) is 5.56 Å². The summed E-state index contributed by atoms with van der Waals surface area (Å²) in [6, 6.07) is 15.7. The minimum absolute atomic E-state index is 0.716. The molecule has 1 aromatic heterocycles. The van der Waals surface area contributed by atoms with E-state index in [1.807, 2.05) is 49.7 Å². The number of aromatic nitrogens is 1. The van der Waals surface area contributed by atoms with Gasteiger partial charge >= 0.3 is 0 Å². The molecule has 3 rings (SSSR count). The fraction of sp³-hybridized carbons (Fsp3) is 0.0625. The standard InChI is InChI=1S/C16H14ClN3/c1-20-11-12(15-4-2-3-5-16(15)20)10-18-19-14-8-6-13(17)7-9-14/h2-11,19H,1H3/b18-10+. The Morgan fingerprint density at radius 3 is 2.65 bits per heavy atom. The number of fused-ring (bicyclic) bond motifs is 1. The third-order valence-electron chi connectivity index (χ3n) is 3.17. The Kier molecular flexibility index (Phi) is 3.44. The van der Waals surface area contributed by atoms with Gasteiger partial charge < -0.3 is 4.57 Å². The van der Waals surface area contributed by atoms with E-state index < -0.39 is 0 Å². The van der Waals surface area contributed by atoms with Gasteiger partial charge in [-0.2, -0.15) is 5.10 Å². The second kappa shape index (κ2) is 5.39. The van der Waals surface area contributed by atoms with Crippen LogP contribution in [0.5, 0.6) is 0 Å². The van der Waals surface area contributed by atoms with Crippen LogP contribution < -0.4 is 5.43 Å². The number of nitrogens with zero attached hydrogens (tertiary/aromatic N) is 2. The van der Waals surface area contributed by atoms with E-state index in [1.165, 1.54) is 10.9 Å². The van der Waals surface area contributed by atoms with E-state index in [0.717, 1.165) is 11.3 Å². The maximum Gasteiger partial charge on any atom is 0.0566 e. The van der Waals surface area contributed by atoms with Crippen LogP contribution in [-0.4, -0.2) is 10.8 Å². The van der Waals surface area contributed by atoms with Crippen molar-refractivity contribution in [3.63, 3.8) is 0 Å². The Morgan fingerprint density at radius 1 is 1.10 bits per heavy atom. The van der Waals surface area contributed by atoms with Crippen molar-refractivity contribution in [3.05, 3.63) is 65.3 Å². The number of nitrogens with one attached hydrogen (secondary N) is 1. The maximum absolute atomic E-state index is 5.84. The fourth-order valence-corrected chi connectivity index (χ4v) is 2.30. The summed E-state index contributed by atoms with van der Waals surface area (Å²) >= 11 is 5.84. The monoisotopic (exact) mass is 283 g/mol. The molecule has 0 amide bonds. The molecule has 100 valence electrons. The van der Waals surface area contributed by atoms with Gasteiger partial charge in [-0.25, -0.2) is 0 Å². The average molecular weight is 284 g/mol. The average Bonchev–Trinajstić information content (AvgIpc) is 2.79. The lowest BCUT2D eigenvalue weighted by Gasteiger charge is -1.99. The lowest BCUT2D eigenvalue weighted by atomic mass is 10.2. The number of aryl methyl sites for hydroxylation is 1. The molecule has 0 aliphatic carbocycles. The van der Waals surface area contributed by atoms with E-state index in [0.29, 0.717) is 5.02 Å². The molecule has 0 radical (unpaired) electrons. The van der Waals surface area contributed by atoms with E-state index in [4.69, 9.17) is 11.6 Å². The first-order chi connectivity index (χ1) is 9.74. The van der Waals surface area contributed by atoms with Gasteiger partial charge in [-0.3, -0.25) is 5.43 Å². The van der Waals surface area contributed by atoms with E-state index >= 15 is 0 Å². The van der Waals surface area contributed by atoms with Crippen LogP contribution in [0.15, 0.2) is 59.8 Å². The lowest BCUT2D eigenvalue weighted by molar-refractivity contribution is 0.968. The van der Waals surface area contributed by atoms with Crippen molar-refractivity contribution in [2.24, 2.45) is 12.1 Å². The molecule has 3 aromatic rings. The highest BCUT2D eigenvalue weighted by molar-refractivity contribution is 6.30. The van der Waals surface area contributed by atoms with Gasteiger partial charge in [0.05, 0.1) is 11.9 Å². The number of halogens is 1. The number of para-hydroxylation sites is 1. The molecule has 0 aliphatic heterocycles. The van der Waals surface area contributed by atoms with Gasteiger partial charge in [0.15, 0.2) is 0 Å². The Labute approximate surface area is 122 Å². The van der Waals surface area contributed by atoms with Crippen molar-refractivity contribution >= 4 is 34.4 Å². The molecule has 4 heteroatoms. The Balaban J connectivity index is 1.82. The molecule has 1 heterocycles. The lowest BCUT2D eigenvalue weighted by Crippen LogP contribution is -1.89. The molecule has 0 spiro atoms.